The van der Waals surface area contributed by atoms with Crippen LogP contribution in [0.2, 0.25) is 0 Å². The molecule has 2 aliphatic carbocycles. The first kappa shape index (κ1) is 41.0. The first-order valence-electron chi connectivity index (χ1n) is 24.7. The number of fused-ring (bicyclic) bond motifs is 9. The van der Waals surface area contributed by atoms with Gasteiger partial charge in [-0.2, -0.15) is 0 Å². The minimum absolute atomic E-state index is 0.432. The van der Waals surface area contributed by atoms with Gasteiger partial charge in [-0.3, -0.25) is 0 Å². The SMILES string of the molecule is CC1(c2ccccc2)c2cc(N(c3cccc(-c4ccc5oc6ccccc6c5c4)c3)c3ccc4c(c3)C(c3ccccc3)(c3ccccc3)c3ccccc3-4)ccc2-c2c(-c3ccccc3)cccc21. The maximum Gasteiger partial charge on any atom is 0.135 e. The quantitative estimate of drug-likeness (QED) is 0.151. The van der Waals surface area contributed by atoms with Crippen molar-refractivity contribution >= 4 is 39.0 Å². The molecule has 2 nitrogen and oxygen atoms in total. The average Bonchev–Trinajstić information content (AvgIpc) is 4.06. The van der Waals surface area contributed by atoms with E-state index < -0.39 is 10.8 Å². The summed E-state index contributed by atoms with van der Waals surface area (Å²) in [4.78, 5) is 2.49. The molecule has 0 spiro atoms. The lowest BCUT2D eigenvalue weighted by molar-refractivity contribution is 0.669. The summed E-state index contributed by atoms with van der Waals surface area (Å²) < 4.78 is 6.29. The molecule has 14 rings (SSSR count). The molecule has 12 aromatic rings. The maximum atomic E-state index is 6.29. The van der Waals surface area contributed by atoms with Crippen LogP contribution in [0.25, 0.3) is 66.4 Å². The van der Waals surface area contributed by atoms with Crippen LogP contribution in [-0.4, -0.2) is 0 Å². The summed E-state index contributed by atoms with van der Waals surface area (Å²) in [5.74, 6) is 0. The van der Waals surface area contributed by atoms with Crippen LogP contribution < -0.4 is 4.90 Å². The highest BCUT2D eigenvalue weighted by molar-refractivity contribution is 6.06. The van der Waals surface area contributed by atoms with Gasteiger partial charge >= 0.3 is 0 Å². The van der Waals surface area contributed by atoms with Gasteiger partial charge in [0.05, 0.1) is 5.41 Å². The number of rotatable bonds is 8. The molecule has 71 heavy (non-hydrogen) atoms. The Kier molecular flexibility index (Phi) is 9.28. The Balaban J connectivity index is 1.02. The normalized spacial score (nSPS) is 15.0. The standard InChI is InChI=1S/C69H47NO/c1-68(49-23-8-3-9-24-49)62-34-19-32-55(46-20-6-2-7-21-46)67(62)59-40-38-53(44-63(59)68)70(52-29-18-22-47(42-52)48-36-41-66-60(43-48)58-31-15-17-35-65(58)71-66)54-37-39-57-56-30-14-16-33-61(56)69(64(57)45-54,50-25-10-4-11-26-50)51-27-12-5-13-28-51/h2-45H,1H3. The summed E-state index contributed by atoms with van der Waals surface area (Å²) in [6.07, 6.45) is 0. The van der Waals surface area contributed by atoms with E-state index >= 15 is 0 Å². The van der Waals surface area contributed by atoms with Crippen molar-refractivity contribution in [3.05, 3.63) is 306 Å². The third-order valence-corrected chi connectivity index (χ3v) is 15.6. The Morgan fingerprint density at radius 1 is 0.310 bits per heavy atom. The Morgan fingerprint density at radius 2 is 0.831 bits per heavy atom. The summed E-state index contributed by atoms with van der Waals surface area (Å²) >= 11 is 0. The molecule has 1 unspecified atom stereocenters. The molecule has 0 radical (unpaired) electrons. The Hall–Kier alpha value is -8.98. The van der Waals surface area contributed by atoms with Gasteiger partial charge in [0.1, 0.15) is 11.2 Å². The second-order valence-electron chi connectivity index (χ2n) is 19.3. The molecular formula is C69H47NO. The highest BCUT2D eigenvalue weighted by atomic mass is 16.3. The first-order chi connectivity index (χ1) is 35.1. The Morgan fingerprint density at radius 3 is 1.58 bits per heavy atom. The molecule has 0 saturated heterocycles. The van der Waals surface area contributed by atoms with Gasteiger partial charge in [0.2, 0.25) is 0 Å². The fourth-order valence-corrected chi connectivity index (χ4v) is 12.4. The number of hydrogen-bond donors (Lipinski definition) is 0. The van der Waals surface area contributed by atoms with Crippen LogP contribution in [0.5, 0.6) is 0 Å². The molecule has 2 heteroatoms. The zero-order valence-corrected chi connectivity index (χ0v) is 39.3. The monoisotopic (exact) mass is 905 g/mol. The fourth-order valence-electron chi connectivity index (χ4n) is 12.4. The molecule has 2 aliphatic rings. The van der Waals surface area contributed by atoms with Gasteiger partial charge in [-0.1, -0.05) is 212 Å². The van der Waals surface area contributed by atoms with Crippen LogP contribution in [0.15, 0.2) is 271 Å². The van der Waals surface area contributed by atoms with E-state index in [4.69, 9.17) is 4.42 Å². The summed E-state index contributed by atoms with van der Waals surface area (Å²) in [5.41, 5.74) is 22.8. The molecule has 0 aliphatic heterocycles. The van der Waals surface area contributed by atoms with E-state index in [1.807, 2.05) is 12.1 Å². The Labute approximate surface area is 414 Å². The second-order valence-corrected chi connectivity index (χ2v) is 19.3. The highest BCUT2D eigenvalue weighted by Gasteiger charge is 2.47. The van der Waals surface area contributed by atoms with Gasteiger partial charge in [-0.15, -0.1) is 0 Å². The molecule has 0 fully saturated rings. The van der Waals surface area contributed by atoms with Crippen molar-refractivity contribution in [2.45, 2.75) is 17.8 Å². The molecule has 1 heterocycles. The van der Waals surface area contributed by atoms with Crippen molar-refractivity contribution in [2.75, 3.05) is 4.90 Å². The van der Waals surface area contributed by atoms with Gasteiger partial charge in [-0.25, -0.2) is 0 Å². The number of hydrogen-bond acceptors (Lipinski definition) is 2. The summed E-state index contributed by atoms with van der Waals surface area (Å²) in [6, 6.07) is 98.4. The molecular weight excluding hydrogens is 859 g/mol. The zero-order valence-electron chi connectivity index (χ0n) is 39.3. The van der Waals surface area contributed by atoms with Crippen LogP contribution in [0.3, 0.4) is 0 Å². The van der Waals surface area contributed by atoms with Crippen molar-refractivity contribution in [3.8, 4) is 44.5 Å². The largest absolute Gasteiger partial charge is 0.456 e. The molecule has 0 amide bonds. The third-order valence-electron chi connectivity index (χ3n) is 15.6. The molecule has 1 atom stereocenters. The van der Waals surface area contributed by atoms with Crippen LogP contribution in [0, 0.1) is 0 Å². The van der Waals surface area contributed by atoms with Gasteiger partial charge in [0.25, 0.3) is 0 Å². The smallest absolute Gasteiger partial charge is 0.135 e. The lowest BCUT2D eigenvalue weighted by Crippen LogP contribution is -2.28. The minimum atomic E-state index is -0.556. The molecule has 0 bridgehead atoms. The average molecular weight is 906 g/mol. The van der Waals surface area contributed by atoms with E-state index in [9.17, 15) is 0 Å². The van der Waals surface area contributed by atoms with Gasteiger partial charge < -0.3 is 9.32 Å². The molecule has 1 aromatic heterocycles. The maximum absolute atomic E-state index is 6.29. The van der Waals surface area contributed by atoms with Crippen molar-refractivity contribution < 1.29 is 4.42 Å². The van der Waals surface area contributed by atoms with E-state index in [1.165, 1.54) is 72.3 Å². The first-order valence-corrected chi connectivity index (χ1v) is 24.7. The zero-order chi connectivity index (χ0) is 47.1. The van der Waals surface area contributed by atoms with Crippen LogP contribution in [0.4, 0.5) is 17.1 Å². The third kappa shape index (κ3) is 6.14. The van der Waals surface area contributed by atoms with Crippen LogP contribution in [0.1, 0.15) is 45.9 Å². The number of furan rings is 1. The topological polar surface area (TPSA) is 16.4 Å². The lowest BCUT2D eigenvalue weighted by atomic mass is 9.67. The van der Waals surface area contributed by atoms with Gasteiger partial charge in [0, 0.05) is 33.2 Å². The van der Waals surface area contributed by atoms with E-state index in [0.717, 1.165) is 50.1 Å². The predicted molar refractivity (Wildman–Crippen MR) is 294 cm³/mol. The number of anilines is 3. The van der Waals surface area contributed by atoms with E-state index in [1.54, 1.807) is 0 Å². The highest BCUT2D eigenvalue weighted by Crippen LogP contribution is 2.59. The molecule has 11 aromatic carbocycles. The van der Waals surface area contributed by atoms with E-state index in [0.29, 0.717) is 0 Å². The lowest BCUT2D eigenvalue weighted by Gasteiger charge is -2.35. The minimum Gasteiger partial charge on any atom is -0.456 e. The summed E-state index contributed by atoms with van der Waals surface area (Å²) in [5, 5.41) is 2.24. The van der Waals surface area contributed by atoms with Crippen molar-refractivity contribution in [1.29, 1.82) is 0 Å². The van der Waals surface area contributed by atoms with Gasteiger partial charge in [-0.05, 0) is 145 Å². The predicted octanol–water partition coefficient (Wildman–Crippen LogP) is 18.1. The molecule has 0 N–H and O–H groups in total. The van der Waals surface area contributed by atoms with E-state index in [-0.39, 0.29) is 0 Å². The van der Waals surface area contributed by atoms with Crippen LogP contribution >= 0.6 is 0 Å². The van der Waals surface area contributed by atoms with E-state index in [2.05, 4.69) is 267 Å². The summed E-state index contributed by atoms with van der Waals surface area (Å²) in [6.45, 7) is 2.42. The van der Waals surface area contributed by atoms with Gasteiger partial charge in [0.15, 0.2) is 0 Å². The summed E-state index contributed by atoms with van der Waals surface area (Å²) in [7, 11) is 0. The van der Waals surface area contributed by atoms with Crippen molar-refractivity contribution in [3.63, 3.8) is 0 Å². The van der Waals surface area contributed by atoms with Crippen molar-refractivity contribution in [2.24, 2.45) is 0 Å². The van der Waals surface area contributed by atoms with Crippen LogP contribution in [-0.2, 0) is 10.8 Å². The molecule has 0 saturated carbocycles. The Bertz CT molecular complexity index is 3960. The second kappa shape index (κ2) is 16.1. The molecule has 334 valence electrons. The van der Waals surface area contributed by atoms with Crippen molar-refractivity contribution in [1.82, 2.24) is 0 Å². The number of nitrogens with zero attached hydrogens (tertiary/aromatic N) is 1. The number of benzene rings is 11. The fraction of sp³-hybridized carbons (Fsp3) is 0.0435. The number of para-hydroxylation sites is 1.